The molecule has 108 valence electrons. The molecule has 0 radical (unpaired) electrons. The van der Waals surface area contributed by atoms with Crippen LogP contribution < -0.4 is 4.90 Å². The Morgan fingerprint density at radius 3 is 2.48 bits per heavy atom. The Balaban J connectivity index is 2.45. The minimum atomic E-state index is -1.14. The third kappa shape index (κ3) is 3.12. The van der Waals surface area contributed by atoms with Crippen LogP contribution in [0.5, 0.6) is 0 Å². The van der Waals surface area contributed by atoms with Gasteiger partial charge >= 0.3 is 5.97 Å². The van der Waals surface area contributed by atoms with E-state index in [2.05, 4.69) is 10.2 Å². The quantitative estimate of drug-likeness (QED) is 0.938. The second-order valence-corrected chi connectivity index (χ2v) is 4.80. The molecule has 0 saturated heterocycles. The molecule has 0 unspecified atom stereocenters. The van der Waals surface area contributed by atoms with E-state index < -0.39 is 11.9 Å². The third-order valence-corrected chi connectivity index (χ3v) is 3.21. The number of rotatable bonds is 3. The van der Waals surface area contributed by atoms with E-state index in [4.69, 9.17) is 28.3 Å². The van der Waals surface area contributed by atoms with Crippen molar-refractivity contribution in [3.63, 3.8) is 0 Å². The number of carboxylic acid groups (broad SMARTS) is 1. The number of benzene rings is 1. The van der Waals surface area contributed by atoms with Crippen molar-refractivity contribution in [3.8, 4) is 0 Å². The van der Waals surface area contributed by atoms with Gasteiger partial charge in [-0.15, -0.1) is 10.2 Å². The fourth-order valence-electron chi connectivity index (χ4n) is 1.74. The molecule has 8 heteroatoms. The van der Waals surface area contributed by atoms with Crippen LogP contribution in [0.15, 0.2) is 30.3 Å². The summed E-state index contributed by atoms with van der Waals surface area (Å²) in [4.78, 5) is 24.8. The van der Waals surface area contributed by atoms with Gasteiger partial charge in [0.15, 0.2) is 10.3 Å². The maximum atomic E-state index is 12.4. The number of carbonyl (C=O) groups excluding carboxylic acids is 1. The van der Waals surface area contributed by atoms with Crippen LogP contribution in [0.25, 0.3) is 0 Å². The van der Waals surface area contributed by atoms with Gasteiger partial charge in [-0.25, -0.2) is 4.79 Å². The molecule has 6 nitrogen and oxygen atoms in total. The van der Waals surface area contributed by atoms with Crippen molar-refractivity contribution in [1.82, 2.24) is 10.2 Å². The van der Waals surface area contributed by atoms with Crippen LogP contribution in [0.3, 0.4) is 0 Å². The van der Waals surface area contributed by atoms with Crippen molar-refractivity contribution in [2.45, 2.75) is 0 Å². The molecule has 1 aromatic heterocycles. The summed E-state index contributed by atoms with van der Waals surface area (Å²) in [7, 11) is 1.44. The average Bonchev–Trinajstić information content (AvgIpc) is 2.48. The van der Waals surface area contributed by atoms with Crippen molar-refractivity contribution in [2.24, 2.45) is 0 Å². The SMILES string of the molecule is CN(C(=O)c1cc(Cl)nnc1Cl)c1ccccc1C(=O)O. The maximum Gasteiger partial charge on any atom is 0.337 e. The lowest BCUT2D eigenvalue weighted by Crippen LogP contribution is -2.28. The number of nitrogens with zero attached hydrogens (tertiary/aromatic N) is 3. The van der Waals surface area contributed by atoms with Gasteiger partial charge in [0.1, 0.15) is 0 Å². The highest BCUT2D eigenvalue weighted by atomic mass is 35.5. The lowest BCUT2D eigenvalue weighted by Gasteiger charge is -2.19. The molecule has 0 saturated carbocycles. The summed E-state index contributed by atoms with van der Waals surface area (Å²) in [6, 6.07) is 7.40. The molecular weight excluding hydrogens is 317 g/mol. The zero-order valence-corrected chi connectivity index (χ0v) is 12.3. The van der Waals surface area contributed by atoms with E-state index in [1.807, 2.05) is 0 Å². The molecule has 2 aromatic rings. The number of aromatic nitrogens is 2. The van der Waals surface area contributed by atoms with Gasteiger partial charge in [-0.1, -0.05) is 35.3 Å². The Bertz CT molecular complexity index is 722. The number of halogens is 2. The molecule has 0 bridgehead atoms. The first-order chi connectivity index (χ1) is 9.91. The molecule has 1 heterocycles. The number of hydrogen-bond donors (Lipinski definition) is 1. The lowest BCUT2D eigenvalue weighted by molar-refractivity contribution is 0.0697. The molecular formula is C13H9Cl2N3O3. The summed E-state index contributed by atoms with van der Waals surface area (Å²) in [6.45, 7) is 0. The van der Waals surface area contributed by atoms with Gasteiger partial charge in [-0.2, -0.15) is 0 Å². The molecule has 0 spiro atoms. The highest BCUT2D eigenvalue weighted by Crippen LogP contribution is 2.23. The topological polar surface area (TPSA) is 83.4 Å². The van der Waals surface area contributed by atoms with Crippen molar-refractivity contribution < 1.29 is 14.7 Å². The van der Waals surface area contributed by atoms with Gasteiger partial charge in [0.2, 0.25) is 0 Å². The van der Waals surface area contributed by atoms with Gasteiger partial charge in [-0.3, -0.25) is 4.79 Å². The molecule has 1 amide bonds. The minimum absolute atomic E-state index is 0.00224. The van der Waals surface area contributed by atoms with E-state index in [9.17, 15) is 9.59 Å². The van der Waals surface area contributed by atoms with Crippen LogP contribution in [0.1, 0.15) is 20.7 Å². The molecule has 0 aliphatic rings. The molecule has 2 rings (SSSR count). The van der Waals surface area contributed by atoms with E-state index >= 15 is 0 Å². The number of carboxylic acids is 1. The Morgan fingerprint density at radius 1 is 1.14 bits per heavy atom. The predicted octanol–water partition coefficient (Wildman–Crippen LogP) is 2.76. The Hall–Kier alpha value is -2.18. The summed E-state index contributed by atoms with van der Waals surface area (Å²) < 4.78 is 0. The van der Waals surface area contributed by atoms with Crippen molar-refractivity contribution in [2.75, 3.05) is 11.9 Å². The molecule has 0 atom stereocenters. The largest absolute Gasteiger partial charge is 0.478 e. The first-order valence-electron chi connectivity index (χ1n) is 5.71. The van der Waals surface area contributed by atoms with E-state index in [1.165, 1.54) is 30.1 Å². The monoisotopic (exact) mass is 325 g/mol. The highest BCUT2D eigenvalue weighted by molar-refractivity contribution is 6.34. The first-order valence-corrected chi connectivity index (χ1v) is 6.46. The van der Waals surface area contributed by atoms with Gasteiger partial charge in [-0.05, 0) is 18.2 Å². The summed E-state index contributed by atoms with van der Waals surface area (Å²) in [5.74, 6) is -1.67. The highest BCUT2D eigenvalue weighted by Gasteiger charge is 2.22. The van der Waals surface area contributed by atoms with Crippen LogP contribution >= 0.6 is 23.2 Å². The fraction of sp³-hybridized carbons (Fsp3) is 0.0769. The smallest absolute Gasteiger partial charge is 0.337 e. The van der Waals surface area contributed by atoms with E-state index in [0.29, 0.717) is 0 Å². The van der Waals surface area contributed by atoms with Crippen molar-refractivity contribution in [3.05, 3.63) is 51.8 Å². The van der Waals surface area contributed by atoms with Crippen LogP contribution in [0.4, 0.5) is 5.69 Å². The number of hydrogen-bond acceptors (Lipinski definition) is 4. The Kier molecular flexibility index (Phi) is 4.40. The summed E-state index contributed by atoms with van der Waals surface area (Å²) in [5, 5.41) is 16.1. The van der Waals surface area contributed by atoms with Crippen LogP contribution in [0.2, 0.25) is 10.3 Å². The summed E-state index contributed by atoms with van der Waals surface area (Å²) >= 11 is 11.5. The molecule has 0 aliphatic heterocycles. The number of aromatic carboxylic acids is 1. The third-order valence-electron chi connectivity index (χ3n) is 2.75. The number of para-hydroxylation sites is 1. The number of carbonyl (C=O) groups is 2. The molecule has 0 fully saturated rings. The Labute approximate surface area is 129 Å². The van der Waals surface area contributed by atoms with Crippen LogP contribution in [-0.2, 0) is 0 Å². The second-order valence-electron chi connectivity index (χ2n) is 4.06. The van der Waals surface area contributed by atoms with Gasteiger partial charge in [0, 0.05) is 7.05 Å². The fourth-order valence-corrected chi connectivity index (χ4v) is 2.06. The van der Waals surface area contributed by atoms with E-state index in [0.717, 1.165) is 0 Å². The van der Waals surface area contributed by atoms with Gasteiger partial charge in [0.25, 0.3) is 5.91 Å². The normalized spacial score (nSPS) is 10.2. The number of amides is 1. The van der Waals surface area contributed by atoms with Crippen molar-refractivity contribution in [1.29, 1.82) is 0 Å². The van der Waals surface area contributed by atoms with Gasteiger partial charge < -0.3 is 10.0 Å². The lowest BCUT2D eigenvalue weighted by atomic mass is 10.1. The standard InChI is InChI=1S/C13H9Cl2N3O3/c1-18(9-5-3-2-4-7(9)13(20)21)12(19)8-6-10(14)16-17-11(8)15/h2-6H,1H3,(H,20,21). The van der Waals surface area contributed by atoms with Crippen molar-refractivity contribution >= 4 is 40.8 Å². The molecule has 21 heavy (non-hydrogen) atoms. The predicted molar refractivity (Wildman–Crippen MR) is 78.2 cm³/mol. The summed E-state index contributed by atoms with van der Waals surface area (Å²) in [5.41, 5.74) is 0.274. The van der Waals surface area contributed by atoms with E-state index in [1.54, 1.807) is 12.1 Å². The Morgan fingerprint density at radius 2 is 1.81 bits per heavy atom. The van der Waals surface area contributed by atoms with Gasteiger partial charge in [0.05, 0.1) is 16.8 Å². The maximum absolute atomic E-state index is 12.4. The van der Waals surface area contributed by atoms with Crippen LogP contribution in [-0.4, -0.2) is 34.2 Å². The molecule has 1 N–H and O–H groups in total. The molecule has 0 aliphatic carbocycles. The summed E-state index contributed by atoms with van der Waals surface area (Å²) in [6.07, 6.45) is 0. The first kappa shape index (κ1) is 15.2. The van der Waals surface area contributed by atoms with Crippen LogP contribution in [0, 0.1) is 0 Å². The minimum Gasteiger partial charge on any atom is -0.478 e. The average molecular weight is 326 g/mol. The van der Waals surface area contributed by atoms with E-state index in [-0.39, 0.29) is 27.1 Å². The zero-order valence-electron chi connectivity index (χ0n) is 10.7. The number of anilines is 1. The zero-order chi connectivity index (χ0) is 15.6. The second kappa shape index (κ2) is 6.07. The molecule has 1 aromatic carbocycles.